The summed E-state index contributed by atoms with van der Waals surface area (Å²) in [7, 11) is 1.73. The number of benzene rings is 1. The maximum absolute atomic E-state index is 11.4. The average molecular weight is 315 g/mol. The number of carbonyl (C=O) groups excluding carboxylic acids is 1. The number of anilines is 1. The Morgan fingerprint density at radius 2 is 2.11 bits per heavy atom. The fraction of sp³-hybridized carbons (Fsp3) is 0.333. The zero-order chi connectivity index (χ0) is 13.9. The molecule has 0 bridgehead atoms. The van der Waals surface area contributed by atoms with Crippen molar-refractivity contribution < 1.29 is 14.7 Å². The Morgan fingerprint density at radius 1 is 1.50 bits per heavy atom. The summed E-state index contributed by atoms with van der Waals surface area (Å²) in [5, 5.41) is 8.87. The molecule has 0 saturated heterocycles. The number of hydrogen-bond acceptors (Lipinski definition) is 3. The highest BCUT2D eigenvalue weighted by Crippen LogP contribution is 2.24. The number of rotatable bonds is 5. The molecule has 0 radical (unpaired) electrons. The fourth-order valence-corrected chi connectivity index (χ4v) is 1.99. The largest absolute Gasteiger partial charge is 0.481 e. The predicted molar refractivity (Wildman–Crippen MR) is 72.7 cm³/mol. The smallest absolute Gasteiger partial charge is 0.308 e. The molecule has 1 rings (SSSR count). The van der Waals surface area contributed by atoms with Crippen molar-refractivity contribution in [1.82, 2.24) is 0 Å². The lowest BCUT2D eigenvalue weighted by molar-refractivity contribution is -0.140. The van der Waals surface area contributed by atoms with E-state index in [4.69, 9.17) is 10.8 Å². The number of carboxylic acid groups (broad SMARTS) is 1. The van der Waals surface area contributed by atoms with E-state index in [0.717, 1.165) is 4.47 Å². The number of nitrogens with two attached hydrogens (primary N) is 1. The number of carbonyl (C=O) groups is 2. The van der Waals surface area contributed by atoms with Gasteiger partial charge in [0.15, 0.2) is 0 Å². The molecule has 0 spiro atoms. The fourth-order valence-electron chi connectivity index (χ4n) is 1.63. The molecule has 0 aliphatic rings. The summed E-state index contributed by atoms with van der Waals surface area (Å²) < 4.78 is 0.750. The quantitative estimate of drug-likeness (QED) is 0.866. The number of amides is 1. The van der Waals surface area contributed by atoms with Crippen LogP contribution in [0.3, 0.4) is 0 Å². The predicted octanol–water partition coefficient (Wildman–Crippen LogP) is 1.70. The lowest BCUT2D eigenvalue weighted by Gasteiger charge is -2.23. The van der Waals surface area contributed by atoms with E-state index in [2.05, 4.69) is 15.9 Å². The zero-order valence-electron chi connectivity index (χ0n) is 10.2. The Kier molecular flexibility index (Phi) is 4.72. The standard InChI is InChI=1S/C12H15BrN2O3/c1-7(12(17)18)6-15(2)10-4-3-8(13)5-9(10)11(14)16/h3-5,7H,6H2,1-2H3,(H2,14,16)(H,17,18). The maximum atomic E-state index is 11.4. The first-order valence-corrected chi connectivity index (χ1v) is 6.15. The van der Waals surface area contributed by atoms with Gasteiger partial charge in [-0.3, -0.25) is 9.59 Å². The van der Waals surface area contributed by atoms with Crippen LogP contribution in [0, 0.1) is 5.92 Å². The Balaban J connectivity index is 3.01. The third-order valence-corrected chi connectivity index (χ3v) is 3.10. The van der Waals surface area contributed by atoms with E-state index in [0.29, 0.717) is 17.8 Å². The minimum Gasteiger partial charge on any atom is -0.481 e. The first-order chi connectivity index (χ1) is 8.32. The second-order valence-corrected chi connectivity index (χ2v) is 5.06. The highest BCUT2D eigenvalue weighted by Gasteiger charge is 2.17. The van der Waals surface area contributed by atoms with Gasteiger partial charge in [-0.25, -0.2) is 0 Å². The van der Waals surface area contributed by atoms with Gasteiger partial charge < -0.3 is 15.7 Å². The van der Waals surface area contributed by atoms with E-state index in [1.807, 2.05) is 0 Å². The van der Waals surface area contributed by atoms with Crippen molar-refractivity contribution in [2.75, 3.05) is 18.5 Å². The monoisotopic (exact) mass is 314 g/mol. The van der Waals surface area contributed by atoms with Crippen LogP contribution in [0.4, 0.5) is 5.69 Å². The Bertz CT molecular complexity index is 476. The molecule has 0 aromatic heterocycles. The second-order valence-electron chi connectivity index (χ2n) is 4.15. The molecular weight excluding hydrogens is 300 g/mol. The van der Waals surface area contributed by atoms with Gasteiger partial charge in [-0.15, -0.1) is 0 Å². The zero-order valence-corrected chi connectivity index (χ0v) is 11.8. The molecule has 6 heteroatoms. The molecule has 5 nitrogen and oxygen atoms in total. The van der Waals surface area contributed by atoms with Crippen molar-refractivity contribution in [3.05, 3.63) is 28.2 Å². The normalized spacial score (nSPS) is 11.9. The lowest BCUT2D eigenvalue weighted by Crippen LogP contribution is -2.30. The number of halogens is 1. The molecular formula is C12H15BrN2O3. The van der Waals surface area contributed by atoms with Gasteiger partial charge in [0.1, 0.15) is 0 Å². The molecule has 1 aromatic rings. The first kappa shape index (κ1) is 14.5. The van der Waals surface area contributed by atoms with Crippen molar-refractivity contribution in [3.63, 3.8) is 0 Å². The van der Waals surface area contributed by atoms with Gasteiger partial charge in [0.05, 0.1) is 11.5 Å². The van der Waals surface area contributed by atoms with Crippen molar-refractivity contribution >= 4 is 33.5 Å². The third-order valence-electron chi connectivity index (χ3n) is 2.60. The van der Waals surface area contributed by atoms with Crippen LogP contribution in [0.1, 0.15) is 17.3 Å². The van der Waals surface area contributed by atoms with Crippen molar-refractivity contribution in [2.24, 2.45) is 11.7 Å². The van der Waals surface area contributed by atoms with Gasteiger partial charge in [0.2, 0.25) is 0 Å². The Morgan fingerprint density at radius 3 is 2.61 bits per heavy atom. The molecule has 18 heavy (non-hydrogen) atoms. The van der Waals surface area contributed by atoms with Crippen LogP contribution in [0.15, 0.2) is 22.7 Å². The van der Waals surface area contributed by atoms with Crippen molar-refractivity contribution in [1.29, 1.82) is 0 Å². The Labute approximate surface area is 114 Å². The lowest BCUT2D eigenvalue weighted by atomic mass is 10.1. The van der Waals surface area contributed by atoms with E-state index in [1.54, 1.807) is 37.1 Å². The topological polar surface area (TPSA) is 83.6 Å². The second kappa shape index (κ2) is 5.86. The molecule has 1 atom stereocenters. The summed E-state index contributed by atoms with van der Waals surface area (Å²) in [5.74, 6) is -1.94. The van der Waals surface area contributed by atoms with Crippen LogP contribution in [0.2, 0.25) is 0 Å². The van der Waals surface area contributed by atoms with Crippen LogP contribution >= 0.6 is 15.9 Å². The average Bonchev–Trinajstić information content (AvgIpc) is 2.28. The summed E-state index contributed by atoms with van der Waals surface area (Å²) in [5.41, 5.74) is 6.30. The molecule has 0 saturated carbocycles. The molecule has 1 amide bonds. The molecule has 0 aliphatic heterocycles. The van der Waals surface area contributed by atoms with Crippen LogP contribution in [0.5, 0.6) is 0 Å². The summed E-state index contributed by atoms with van der Waals surface area (Å²) in [6, 6.07) is 5.14. The van der Waals surface area contributed by atoms with Crippen molar-refractivity contribution in [2.45, 2.75) is 6.92 Å². The van der Waals surface area contributed by atoms with Crippen LogP contribution in [-0.2, 0) is 4.79 Å². The van der Waals surface area contributed by atoms with E-state index in [9.17, 15) is 9.59 Å². The van der Waals surface area contributed by atoms with E-state index in [-0.39, 0.29) is 0 Å². The Hall–Kier alpha value is -1.56. The van der Waals surface area contributed by atoms with Gasteiger partial charge in [-0.05, 0) is 18.2 Å². The first-order valence-electron chi connectivity index (χ1n) is 5.36. The highest BCUT2D eigenvalue weighted by atomic mass is 79.9. The highest BCUT2D eigenvalue weighted by molar-refractivity contribution is 9.10. The molecule has 1 unspecified atom stereocenters. The van der Waals surface area contributed by atoms with E-state index >= 15 is 0 Å². The molecule has 1 aromatic carbocycles. The van der Waals surface area contributed by atoms with Crippen LogP contribution in [-0.4, -0.2) is 30.6 Å². The number of aliphatic carboxylic acids is 1. The van der Waals surface area contributed by atoms with Crippen molar-refractivity contribution in [3.8, 4) is 0 Å². The summed E-state index contributed by atoms with van der Waals surface area (Å²) in [6.45, 7) is 1.92. The molecule has 0 heterocycles. The van der Waals surface area contributed by atoms with E-state index in [1.165, 1.54) is 0 Å². The summed E-state index contributed by atoms with van der Waals surface area (Å²) in [4.78, 5) is 23.9. The van der Waals surface area contributed by atoms with Gasteiger partial charge in [-0.1, -0.05) is 22.9 Å². The minimum absolute atomic E-state index is 0.303. The SMILES string of the molecule is CC(CN(C)c1ccc(Br)cc1C(N)=O)C(=O)O. The number of primary amides is 1. The number of hydrogen-bond donors (Lipinski definition) is 2. The van der Waals surface area contributed by atoms with Gasteiger partial charge in [-0.2, -0.15) is 0 Å². The number of nitrogens with zero attached hydrogens (tertiary/aromatic N) is 1. The number of carboxylic acids is 1. The minimum atomic E-state index is -0.875. The van der Waals surface area contributed by atoms with Crippen LogP contribution < -0.4 is 10.6 Å². The maximum Gasteiger partial charge on any atom is 0.308 e. The molecule has 0 aliphatic carbocycles. The summed E-state index contributed by atoms with van der Waals surface area (Å²) in [6.07, 6.45) is 0. The molecule has 3 N–H and O–H groups in total. The summed E-state index contributed by atoms with van der Waals surface area (Å²) >= 11 is 3.27. The van der Waals surface area contributed by atoms with E-state index < -0.39 is 17.8 Å². The van der Waals surface area contributed by atoms with Crippen LogP contribution in [0.25, 0.3) is 0 Å². The molecule has 0 fully saturated rings. The van der Waals surface area contributed by atoms with Gasteiger partial charge >= 0.3 is 5.97 Å². The molecule has 98 valence electrons. The third kappa shape index (κ3) is 3.46. The van der Waals surface area contributed by atoms with Gasteiger partial charge in [0.25, 0.3) is 5.91 Å². The van der Waals surface area contributed by atoms with Gasteiger partial charge in [0, 0.05) is 23.8 Å².